The average molecular weight is 274 g/mol. The van der Waals surface area contributed by atoms with Crippen LogP contribution in [0.15, 0.2) is 24.3 Å². The summed E-state index contributed by atoms with van der Waals surface area (Å²) in [5.41, 5.74) is 1.81. The normalized spacial score (nSPS) is 18.5. The van der Waals surface area contributed by atoms with E-state index in [1.807, 2.05) is 19.1 Å². The van der Waals surface area contributed by atoms with Crippen molar-refractivity contribution in [2.75, 3.05) is 6.61 Å². The minimum atomic E-state index is -0.520. The summed E-state index contributed by atoms with van der Waals surface area (Å²) in [5.74, 6) is 0.274. The second kappa shape index (κ2) is 7.03. The minimum Gasteiger partial charge on any atom is -0.367 e. The first-order chi connectivity index (χ1) is 9.68. The number of hydrogen-bond donors (Lipinski definition) is 0. The van der Waals surface area contributed by atoms with Crippen molar-refractivity contribution < 1.29 is 9.53 Å². The van der Waals surface area contributed by atoms with Crippen LogP contribution in [-0.2, 0) is 16.0 Å². The van der Waals surface area contributed by atoms with Gasteiger partial charge in [-0.1, -0.05) is 49.9 Å². The Morgan fingerprint density at radius 2 is 1.80 bits per heavy atom. The fourth-order valence-corrected chi connectivity index (χ4v) is 3.22. The predicted molar refractivity (Wildman–Crippen MR) is 81.9 cm³/mol. The number of Topliss-reactive ketones (excluding diaryl/α,β-unsaturated/α-hetero) is 1. The van der Waals surface area contributed by atoms with E-state index in [2.05, 4.69) is 19.1 Å². The van der Waals surface area contributed by atoms with Gasteiger partial charge in [-0.05, 0) is 37.8 Å². The van der Waals surface area contributed by atoms with Gasteiger partial charge in [0, 0.05) is 13.0 Å². The van der Waals surface area contributed by atoms with Gasteiger partial charge >= 0.3 is 0 Å². The topological polar surface area (TPSA) is 26.3 Å². The smallest absolute Gasteiger partial charge is 0.168 e. The fourth-order valence-electron chi connectivity index (χ4n) is 3.22. The number of aryl methyl sites for hydroxylation is 1. The highest BCUT2D eigenvalue weighted by molar-refractivity contribution is 5.89. The number of ether oxygens (including phenoxy) is 1. The van der Waals surface area contributed by atoms with Crippen LogP contribution in [0.25, 0.3) is 0 Å². The van der Waals surface area contributed by atoms with Crippen LogP contribution < -0.4 is 0 Å². The lowest BCUT2D eigenvalue weighted by Crippen LogP contribution is -2.42. The van der Waals surface area contributed by atoms with Crippen molar-refractivity contribution in [1.82, 2.24) is 0 Å². The van der Waals surface area contributed by atoms with Gasteiger partial charge in [-0.2, -0.15) is 0 Å². The number of carbonyl (C=O) groups excluding carboxylic acids is 1. The quantitative estimate of drug-likeness (QED) is 0.751. The highest BCUT2D eigenvalue weighted by atomic mass is 16.5. The third-order valence-corrected chi connectivity index (χ3v) is 4.45. The second-order valence-electron chi connectivity index (χ2n) is 5.87. The predicted octanol–water partition coefficient (Wildman–Crippen LogP) is 4.24. The minimum absolute atomic E-state index is 0.274. The zero-order valence-electron chi connectivity index (χ0n) is 12.8. The molecule has 20 heavy (non-hydrogen) atoms. The summed E-state index contributed by atoms with van der Waals surface area (Å²) in [4.78, 5) is 12.9. The van der Waals surface area contributed by atoms with Crippen LogP contribution >= 0.6 is 0 Å². The molecule has 0 heterocycles. The summed E-state index contributed by atoms with van der Waals surface area (Å²) in [6.07, 6.45) is 6.97. The first-order valence-corrected chi connectivity index (χ1v) is 7.90. The number of benzene rings is 1. The summed E-state index contributed by atoms with van der Waals surface area (Å²) in [5, 5.41) is 0. The molecule has 0 amide bonds. The molecule has 1 aliphatic carbocycles. The summed E-state index contributed by atoms with van der Waals surface area (Å²) in [6, 6.07) is 8.16. The van der Waals surface area contributed by atoms with E-state index < -0.39 is 5.60 Å². The van der Waals surface area contributed by atoms with Crippen molar-refractivity contribution >= 4 is 5.78 Å². The number of hydrogen-bond acceptors (Lipinski definition) is 2. The maximum absolute atomic E-state index is 12.9. The third-order valence-electron chi connectivity index (χ3n) is 4.45. The molecule has 1 aliphatic rings. The van der Waals surface area contributed by atoms with Crippen molar-refractivity contribution in [2.45, 2.75) is 64.4 Å². The zero-order valence-corrected chi connectivity index (χ0v) is 12.8. The molecule has 110 valence electrons. The number of ketones is 1. The highest BCUT2D eigenvalue weighted by Gasteiger charge is 2.38. The maximum atomic E-state index is 12.9. The van der Waals surface area contributed by atoms with E-state index in [1.165, 1.54) is 18.4 Å². The van der Waals surface area contributed by atoms with E-state index in [1.54, 1.807) is 0 Å². The molecule has 0 saturated heterocycles. The van der Waals surface area contributed by atoms with Gasteiger partial charge in [0.05, 0.1) is 0 Å². The zero-order chi connectivity index (χ0) is 14.4. The lowest BCUT2D eigenvalue weighted by Gasteiger charge is -2.31. The summed E-state index contributed by atoms with van der Waals surface area (Å²) >= 11 is 0. The Hall–Kier alpha value is -1.15. The molecular formula is C18H26O2. The van der Waals surface area contributed by atoms with Crippen molar-refractivity contribution in [3.05, 3.63) is 35.4 Å². The van der Waals surface area contributed by atoms with Crippen LogP contribution in [0.5, 0.6) is 0 Å². The Kier molecular flexibility index (Phi) is 5.36. The molecule has 1 aromatic rings. The molecule has 0 unspecified atom stereocenters. The Bertz CT molecular complexity index is 442. The van der Waals surface area contributed by atoms with Gasteiger partial charge in [0.2, 0.25) is 0 Å². The monoisotopic (exact) mass is 274 g/mol. The second-order valence-corrected chi connectivity index (χ2v) is 5.87. The molecule has 0 aromatic heterocycles. The van der Waals surface area contributed by atoms with E-state index in [0.29, 0.717) is 13.0 Å². The van der Waals surface area contributed by atoms with Crippen LogP contribution in [-0.4, -0.2) is 18.0 Å². The first-order valence-electron chi connectivity index (χ1n) is 7.90. The molecule has 0 radical (unpaired) electrons. The van der Waals surface area contributed by atoms with E-state index >= 15 is 0 Å². The van der Waals surface area contributed by atoms with Gasteiger partial charge in [-0.25, -0.2) is 0 Å². The van der Waals surface area contributed by atoms with Gasteiger partial charge in [0.15, 0.2) is 5.78 Å². The molecule has 1 aromatic carbocycles. The molecule has 0 N–H and O–H groups in total. The van der Waals surface area contributed by atoms with Crippen LogP contribution in [0, 0.1) is 6.92 Å². The molecule has 0 spiro atoms. The molecule has 0 bridgehead atoms. The summed E-state index contributed by atoms with van der Waals surface area (Å²) in [6.45, 7) is 4.69. The van der Waals surface area contributed by atoms with E-state index in [-0.39, 0.29) is 5.78 Å². The molecule has 2 rings (SSSR count). The van der Waals surface area contributed by atoms with Gasteiger partial charge in [0.25, 0.3) is 0 Å². The molecule has 2 heteroatoms. The average Bonchev–Trinajstić information content (AvgIpc) is 2.68. The largest absolute Gasteiger partial charge is 0.367 e. The Labute approximate surface area is 122 Å². The maximum Gasteiger partial charge on any atom is 0.168 e. The van der Waals surface area contributed by atoms with Crippen LogP contribution in [0.3, 0.4) is 0 Å². The fraction of sp³-hybridized carbons (Fsp3) is 0.611. The van der Waals surface area contributed by atoms with Crippen molar-refractivity contribution in [3.8, 4) is 0 Å². The van der Waals surface area contributed by atoms with Crippen molar-refractivity contribution in [2.24, 2.45) is 0 Å². The third kappa shape index (κ3) is 3.49. The molecule has 0 atom stereocenters. The summed E-state index contributed by atoms with van der Waals surface area (Å²) < 4.78 is 5.97. The van der Waals surface area contributed by atoms with Gasteiger partial charge in [-0.3, -0.25) is 4.79 Å². The van der Waals surface area contributed by atoms with E-state index in [4.69, 9.17) is 4.74 Å². The SMILES string of the molecule is CCOC1(C(=O)Cc2ccccc2C)CCCCCC1. The Balaban J connectivity index is 2.16. The van der Waals surface area contributed by atoms with Crippen molar-refractivity contribution in [3.63, 3.8) is 0 Å². The molecular weight excluding hydrogens is 248 g/mol. The molecule has 1 saturated carbocycles. The Morgan fingerprint density at radius 1 is 1.15 bits per heavy atom. The Morgan fingerprint density at radius 3 is 2.40 bits per heavy atom. The standard InChI is InChI=1S/C18H26O2/c1-3-20-18(12-8-4-5-9-13-18)17(19)14-16-11-7-6-10-15(16)2/h6-7,10-11H,3-5,8-9,12-14H2,1-2H3. The van der Waals surface area contributed by atoms with Crippen LogP contribution in [0.2, 0.25) is 0 Å². The summed E-state index contributed by atoms with van der Waals surface area (Å²) in [7, 11) is 0. The molecule has 2 nitrogen and oxygen atoms in total. The van der Waals surface area contributed by atoms with Gasteiger partial charge < -0.3 is 4.74 Å². The number of carbonyl (C=O) groups is 1. The molecule has 1 fully saturated rings. The van der Waals surface area contributed by atoms with Crippen molar-refractivity contribution in [1.29, 1.82) is 0 Å². The molecule has 0 aliphatic heterocycles. The number of rotatable bonds is 5. The van der Waals surface area contributed by atoms with Gasteiger partial charge in [-0.15, -0.1) is 0 Å². The lowest BCUT2D eigenvalue weighted by molar-refractivity contribution is -0.145. The van der Waals surface area contributed by atoms with Crippen LogP contribution in [0.4, 0.5) is 0 Å². The van der Waals surface area contributed by atoms with E-state index in [0.717, 1.165) is 31.2 Å². The van der Waals surface area contributed by atoms with Gasteiger partial charge in [0.1, 0.15) is 5.60 Å². The first kappa shape index (κ1) is 15.2. The van der Waals surface area contributed by atoms with E-state index in [9.17, 15) is 4.79 Å². The highest BCUT2D eigenvalue weighted by Crippen LogP contribution is 2.32. The van der Waals surface area contributed by atoms with Crippen LogP contribution in [0.1, 0.15) is 56.6 Å². The lowest BCUT2D eigenvalue weighted by atomic mass is 9.85.